The molecular weight excluding hydrogens is 665 g/mol. The molecule has 5 aromatic carbocycles. The highest BCUT2D eigenvalue weighted by Crippen LogP contribution is 2.43. The average Bonchev–Trinajstić information content (AvgIpc) is 3.69. The van der Waals surface area contributed by atoms with Gasteiger partial charge in [0.05, 0.1) is 11.6 Å². The minimum Gasteiger partial charge on any atom is -0.283 e. The molecule has 2 heterocycles. The van der Waals surface area contributed by atoms with E-state index in [-0.39, 0.29) is 11.2 Å². The topological polar surface area (TPSA) is 87.6 Å². The van der Waals surface area contributed by atoms with Gasteiger partial charge in [0.1, 0.15) is 5.54 Å². The van der Waals surface area contributed by atoms with Crippen molar-refractivity contribution in [3.63, 3.8) is 0 Å². The van der Waals surface area contributed by atoms with E-state index in [1.807, 2.05) is 90.5 Å². The second-order valence-electron chi connectivity index (χ2n) is 12.7. The summed E-state index contributed by atoms with van der Waals surface area (Å²) < 4.78 is 5.02. The van der Waals surface area contributed by atoms with Gasteiger partial charge in [0, 0.05) is 18.2 Å². The Morgan fingerprint density at radius 2 is 1.19 bits per heavy atom. The van der Waals surface area contributed by atoms with Crippen LogP contribution in [0, 0.1) is 0 Å². The van der Waals surface area contributed by atoms with Gasteiger partial charge in [-0.25, -0.2) is 9.48 Å². The Bertz CT molecular complexity index is 2270. The standard InChI is InChI=1S/C43H40N6O2S/c1-3-28-47-39(50)30-40(52-29-4-2)48(42(47)51)31-32-24-26-33(27-25-32)37-22-14-15-23-38(37)41-44-45-46-49(41)43(34-16-8-5-9-17-34,35-18-10-6-11-19-35)36-20-12-7-13-21-36/h5-27,30H,3-4,28-29,31H2,1-2H3. The normalized spacial score (nSPS) is 11.5. The molecule has 9 heteroatoms. The van der Waals surface area contributed by atoms with Crippen molar-refractivity contribution in [2.45, 2.75) is 50.3 Å². The van der Waals surface area contributed by atoms with Crippen LogP contribution in [-0.4, -0.2) is 35.1 Å². The summed E-state index contributed by atoms with van der Waals surface area (Å²) in [6.45, 7) is 4.82. The van der Waals surface area contributed by atoms with Crippen molar-refractivity contribution in [3.8, 4) is 22.5 Å². The molecule has 0 amide bonds. The molecule has 7 aromatic rings. The van der Waals surface area contributed by atoms with Gasteiger partial charge in [0.25, 0.3) is 5.56 Å². The second-order valence-corrected chi connectivity index (χ2v) is 13.8. The Morgan fingerprint density at radius 3 is 1.75 bits per heavy atom. The minimum absolute atomic E-state index is 0.244. The van der Waals surface area contributed by atoms with Crippen LogP contribution in [0.1, 0.15) is 48.9 Å². The molecule has 2 aromatic heterocycles. The first-order chi connectivity index (χ1) is 25.6. The van der Waals surface area contributed by atoms with Crippen LogP contribution >= 0.6 is 11.8 Å². The van der Waals surface area contributed by atoms with Crippen molar-refractivity contribution in [2.24, 2.45) is 0 Å². The third kappa shape index (κ3) is 6.55. The predicted molar refractivity (Wildman–Crippen MR) is 209 cm³/mol. The van der Waals surface area contributed by atoms with Gasteiger partial charge in [-0.2, -0.15) is 0 Å². The highest BCUT2D eigenvalue weighted by atomic mass is 32.2. The number of tetrazole rings is 1. The van der Waals surface area contributed by atoms with E-state index in [0.717, 1.165) is 51.1 Å². The largest absolute Gasteiger partial charge is 0.332 e. The highest BCUT2D eigenvalue weighted by molar-refractivity contribution is 7.99. The van der Waals surface area contributed by atoms with Crippen LogP contribution < -0.4 is 11.2 Å². The lowest BCUT2D eigenvalue weighted by molar-refractivity contribution is 0.451. The predicted octanol–water partition coefficient (Wildman–Crippen LogP) is 8.13. The van der Waals surface area contributed by atoms with Crippen LogP contribution in [-0.2, 0) is 18.6 Å². The molecule has 0 unspecified atom stereocenters. The van der Waals surface area contributed by atoms with Crippen molar-refractivity contribution in [1.82, 2.24) is 29.3 Å². The lowest BCUT2D eigenvalue weighted by Crippen LogP contribution is -2.40. The summed E-state index contributed by atoms with van der Waals surface area (Å²) in [5.41, 5.74) is 5.50. The number of aromatic nitrogens is 6. The quantitative estimate of drug-likeness (QED) is 0.0685. The number of hydrogen-bond acceptors (Lipinski definition) is 6. The van der Waals surface area contributed by atoms with Crippen molar-refractivity contribution in [3.05, 3.63) is 189 Å². The summed E-state index contributed by atoms with van der Waals surface area (Å²) in [4.78, 5) is 26.3. The van der Waals surface area contributed by atoms with E-state index in [1.165, 1.54) is 4.57 Å². The molecule has 0 saturated carbocycles. The van der Waals surface area contributed by atoms with E-state index in [0.29, 0.717) is 30.4 Å². The summed E-state index contributed by atoms with van der Waals surface area (Å²) in [5, 5.41) is 14.5. The van der Waals surface area contributed by atoms with Gasteiger partial charge in [-0.05, 0) is 62.4 Å². The van der Waals surface area contributed by atoms with E-state index in [9.17, 15) is 9.59 Å². The summed E-state index contributed by atoms with van der Waals surface area (Å²) in [5.74, 6) is 1.45. The van der Waals surface area contributed by atoms with Crippen molar-refractivity contribution in [1.29, 1.82) is 0 Å². The first-order valence-electron chi connectivity index (χ1n) is 17.7. The van der Waals surface area contributed by atoms with Gasteiger partial charge in [-0.15, -0.1) is 16.9 Å². The maximum Gasteiger partial charge on any atom is 0.332 e. The zero-order valence-electron chi connectivity index (χ0n) is 29.3. The van der Waals surface area contributed by atoms with Crippen molar-refractivity contribution >= 4 is 11.8 Å². The fraction of sp³-hybridized carbons (Fsp3) is 0.186. The molecule has 0 fully saturated rings. The van der Waals surface area contributed by atoms with Crippen LogP contribution in [0.2, 0.25) is 0 Å². The molecule has 52 heavy (non-hydrogen) atoms. The first-order valence-corrected chi connectivity index (χ1v) is 18.7. The molecular formula is C43H40N6O2S. The zero-order chi connectivity index (χ0) is 35.9. The molecule has 0 saturated heterocycles. The van der Waals surface area contributed by atoms with Gasteiger partial charge in [-0.1, -0.05) is 153 Å². The van der Waals surface area contributed by atoms with E-state index in [4.69, 9.17) is 10.3 Å². The molecule has 0 radical (unpaired) electrons. The molecule has 8 nitrogen and oxygen atoms in total. The number of nitrogens with zero attached hydrogens (tertiary/aromatic N) is 6. The Labute approximate surface area is 307 Å². The molecule has 260 valence electrons. The van der Waals surface area contributed by atoms with Crippen LogP contribution in [0.4, 0.5) is 0 Å². The Kier molecular flexibility index (Phi) is 10.4. The maximum atomic E-state index is 13.5. The van der Waals surface area contributed by atoms with Crippen LogP contribution in [0.3, 0.4) is 0 Å². The van der Waals surface area contributed by atoms with Crippen LogP contribution in [0.5, 0.6) is 0 Å². The Hall–Kier alpha value is -5.80. The highest BCUT2D eigenvalue weighted by Gasteiger charge is 2.42. The lowest BCUT2D eigenvalue weighted by atomic mass is 9.77. The molecule has 0 bridgehead atoms. The smallest absolute Gasteiger partial charge is 0.283 e. The van der Waals surface area contributed by atoms with Gasteiger partial charge in [0.15, 0.2) is 5.82 Å². The average molecular weight is 705 g/mol. The molecule has 7 rings (SSSR count). The van der Waals surface area contributed by atoms with Gasteiger partial charge in [0.2, 0.25) is 0 Å². The fourth-order valence-electron chi connectivity index (χ4n) is 6.88. The van der Waals surface area contributed by atoms with E-state index < -0.39 is 5.54 Å². The molecule has 0 aliphatic heterocycles. The number of benzene rings is 5. The maximum absolute atomic E-state index is 13.5. The summed E-state index contributed by atoms with van der Waals surface area (Å²) in [6, 6.07) is 49.1. The molecule has 0 atom stereocenters. The van der Waals surface area contributed by atoms with E-state index in [1.54, 1.807) is 22.4 Å². The van der Waals surface area contributed by atoms with Gasteiger partial charge < -0.3 is 0 Å². The Morgan fingerprint density at radius 1 is 0.635 bits per heavy atom. The van der Waals surface area contributed by atoms with E-state index >= 15 is 0 Å². The first kappa shape index (κ1) is 34.6. The SMILES string of the molecule is CCCSc1cc(=O)n(CCC)c(=O)n1Cc1ccc(-c2ccccc2-c2nnnn2C(c2ccccc2)(c2ccccc2)c2ccccc2)cc1. The minimum atomic E-state index is -0.880. The zero-order valence-corrected chi connectivity index (χ0v) is 30.1. The second kappa shape index (κ2) is 15.6. The van der Waals surface area contributed by atoms with Crippen molar-refractivity contribution in [2.75, 3.05) is 5.75 Å². The fourth-order valence-corrected chi connectivity index (χ4v) is 7.78. The number of rotatable bonds is 13. The summed E-state index contributed by atoms with van der Waals surface area (Å²) in [7, 11) is 0. The number of thioether (sulfide) groups is 1. The van der Waals surface area contributed by atoms with Crippen LogP contribution in [0.25, 0.3) is 22.5 Å². The van der Waals surface area contributed by atoms with Crippen LogP contribution in [0.15, 0.2) is 160 Å². The van der Waals surface area contributed by atoms with Gasteiger partial charge in [-0.3, -0.25) is 13.9 Å². The molecule has 0 aliphatic rings. The molecule has 0 aliphatic carbocycles. The van der Waals surface area contributed by atoms with Crippen molar-refractivity contribution < 1.29 is 0 Å². The molecule has 0 spiro atoms. The third-order valence-electron chi connectivity index (χ3n) is 9.28. The lowest BCUT2D eigenvalue weighted by Gasteiger charge is -2.36. The number of hydrogen-bond donors (Lipinski definition) is 0. The monoisotopic (exact) mass is 704 g/mol. The molecule has 0 N–H and O–H groups in total. The summed E-state index contributed by atoms with van der Waals surface area (Å²) >= 11 is 1.55. The summed E-state index contributed by atoms with van der Waals surface area (Å²) in [6.07, 6.45) is 1.65. The Balaban J connectivity index is 1.33. The van der Waals surface area contributed by atoms with Gasteiger partial charge >= 0.3 is 5.69 Å². The van der Waals surface area contributed by atoms with E-state index in [2.05, 4.69) is 72.8 Å². The third-order valence-corrected chi connectivity index (χ3v) is 10.5.